The summed E-state index contributed by atoms with van der Waals surface area (Å²) in [5.74, 6) is 1.81. The third-order valence-electron chi connectivity index (χ3n) is 4.33. The molecule has 0 saturated heterocycles. The highest BCUT2D eigenvalue weighted by molar-refractivity contribution is 6.30. The van der Waals surface area contributed by atoms with Crippen molar-refractivity contribution in [2.24, 2.45) is 4.99 Å². The zero-order valence-electron chi connectivity index (χ0n) is 17.1. The number of aromatic nitrogens is 2. The monoisotopic (exact) mass is 449 g/mol. The van der Waals surface area contributed by atoms with E-state index in [0.717, 1.165) is 11.1 Å². The van der Waals surface area contributed by atoms with Crippen LogP contribution in [0.25, 0.3) is 11.4 Å². The molecule has 0 aliphatic heterocycles. The molecule has 7 nitrogen and oxygen atoms in total. The first kappa shape index (κ1) is 22.5. The van der Waals surface area contributed by atoms with Gasteiger partial charge in [-0.2, -0.15) is 13.8 Å². The summed E-state index contributed by atoms with van der Waals surface area (Å²) in [6.07, 6.45) is 0.521. The van der Waals surface area contributed by atoms with Crippen molar-refractivity contribution in [3.63, 3.8) is 0 Å². The van der Waals surface area contributed by atoms with Crippen molar-refractivity contribution in [1.29, 1.82) is 0 Å². The predicted octanol–water partition coefficient (Wildman–Crippen LogP) is 4.24. The number of benzene rings is 2. The molecule has 3 aromatic rings. The second-order valence-corrected chi connectivity index (χ2v) is 7.06. The molecule has 0 aliphatic carbocycles. The highest BCUT2D eigenvalue weighted by Gasteiger charge is 2.11. The first-order chi connectivity index (χ1) is 14.9. The molecule has 31 heavy (non-hydrogen) atoms. The first-order valence-electron chi connectivity index (χ1n) is 9.48. The summed E-state index contributed by atoms with van der Waals surface area (Å²) in [5.41, 5.74) is 1.75. The lowest BCUT2D eigenvalue weighted by molar-refractivity contribution is -0.0498. The van der Waals surface area contributed by atoms with Crippen molar-refractivity contribution in [1.82, 2.24) is 20.4 Å². The van der Waals surface area contributed by atoms with E-state index in [1.54, 1.807) is 31.3 Å². The Balaban J connectivity index is 1.49. The molecule has 0 amide bonds. The Hall–Kier alpha value is -3.20. The fourth-order valence-corrected chi connectivity index (χ4v) is 2.99. The maximum absolute atomic E-state index is 12.3. The molecule has 0 atom stereocenters. The number of guanidine groups is 1. The number of hydrogen-bond acceptors (Lipinski definition) is 5. The summed E-state index contributed by atoms with van der Waals surface area (Å²) in [4.78, 5) is 10.6. The lowest BCUT2D eigenvalue weighted by Gasteiger charge is -2.22. The van der Waals surface area contributed by atoms with Crippen LogP contribution in [-0.4, -0.2) is 48.3 Å². The summed E-state index contributed by atoms with van der Waals surface area (Å²) in [6, 6.07) is 13.7. The van der Waals surface area contributed by atoms with Crippen LogP contribution in [0.4, 0.5) is 8.78 Å². The summed E-state index contributed by atoms with van der Waals surface area (Å²) in [6.45, 7) is -1.76. The van der Waals surface area contributed by atoms with Crippen molar-refractivity contribution in [2.45, 2.75) is 19.6 Å². The number of aliphatic imine (C=N–C) groups is 1. The maximum Gasteiger partial charge on any atom is 0.387 e. The molecule has 10 heteroatoms. The van der Waals surface area contributed by atoms with E-state index in [4.69, 9.17) is 16.1 Å². The van der Waals surface area contributed by atoms with Crippen LogP contribution in [0.1, 0.15) is 11.5 Å². The van der Waals surface area contributed by atoms with Gasteiger partial charge in [0.05, 0.1) is 0 Å². The van der Waals surface area contributed by atoms with Gasteiger partial charge in [-0.15, -0.1) is 0 Å². The van der Waals surface area contributed by atoms with Crippen LogP contribution in [-0.2, 0) is 13.0 Å². The lowest BCUT2D eigenvalue weighted by Crippen LogP contribution is -2.39. The number of nitrogens with zero attached hydrogens (tertiary/aromatic N) is 4. The average Bonchev–Trinajstić information content (AvgIpc) is 3.21. The molecule has 0 bridgehead atoms. The molecule has 0 unspecified atom stereocenters. The first-order valence-corrected chi connectivity index (χ1v) is 9.86. The fourth-order valence-electron chi connectivity index (χ4n) is 2.86. The second-order valence-electron chi connectivity index (χ2n) is 6.62. The van der Waals surface area contributed by atoms with Gasteiger partial charge in [0.15, 0.2) is 5.96 Å². The molecular formula is C21H22ClF2N5O2. The summed E-state index contributed by atoms with van der Waals surface area (Å²) < 4.78 is 34.2. The van der Waals surface area contributed by atoms with Crippen LogP contribution < -0.4 is 10.1 Å². The van der Waals surface area contributed by atoms with Gasteiger partial charge < -0.3 is 19.5 Å². The van der Waals surface area contributed by atoms with Crippen LogP contribution in [0.15, 0.2) is 58.0 Å². The Morgan fingerprint density at radius 3 is 2.55 bits per heavy atom. The quantitative estimate of drug-likeness (QED) is 0.409. The van der Waals surface area contributed by atoms with Crippen molar-refractivity contribution in [3.05, 3.63) is 65.0 Å². The van der Waals surface area contributed by atoms with Gasteiger partial charge >= 0.3 is 6.61 Å². The van der Waals surface area contributed by atoms with Crippen LogP contribution in [0.5, 0.6) is 5.75 Å². The van der Waals surface area contributed by atoms with E-state index in [1.807, 2.05) is 24.1 Å². The summed E-state index contributed by atoms with van der Waals surface area (Å²) in [5, 5.41) is 7.88. The van der Waals surface area contributed by atoms with Crippen molar-refractivity contribution in [3.8, 4) is 17.1 Å². The Bertz CT molecular complexity index is 994. The second kappa shape index (κ2) is 10.7. The Morgan fingerprint density at radius 1 is 1.19 bits per heavy atom. The van der Waals surface area contributed by atoms with Crippen molar-refractivity contribution < 1.29 is 18.0 Å². The highest BCUT2D eigenvalue weighted by atomic mass is 35.5. The Labute approximate surface area is 183 Å². The normalized spacial score (nSPS) is 11.6. The molecule has 0 saturated carbocycles. The minimum atomic E-state index is -2.84. The van der Waals surface area contributed by atoms with Crippen LogP contribution in [0.3, 0.4) is 0 Å². The van der Waals surface area contributed by atoms with E-state index in [2.05, 4.69) is 25.2 Å². The van der Waals surface area contributed by atoms with Crippen molar-refractivity contribution in [2.75, 3.05) is 20.6 Å². The predicted molar refractivity (Wildman–Crippen MR) is 114 cm³/mol. The van der Waals surface area contributed by atoms with Gasteiger partial charge in [0.2, 0.25) is 11.7 Å². The molecule has 3 rings (SSSR count). The largest absolute Gasteiger partial charge is 0.435 e. The summed E-state index contributed by atoms with van der Waals surface area (Å²) >= 11 is 5.90. The van der Waals surface area contributed by atoms with E-state index in [1.165, 1.54) is 12.1 Å². The molecule has 0 radical (unpaired) electrons. The zero-order valence-corrected chi connectivity index (χ0v) is 17.8. The molecule has 0 spiro atoms. The smallest absolute Gasteiger partial charge is 0.387 e. The third-order valence-corrected chi connectivity index (χ3v) is 4.59. The van der Waals surface area contributed by atoms with Gasteiger partial charge in [-0.1, -0.05) is 28.9 Å². The van der Waals surface area contributed by atoms with E-state index in [0.29, 0.717) is 42.2 Å². The molecule has 1 aromatic heterocycles. The average molecular weight is 450 g/mol. The minimum absolute atomic E-state index is 0.126. The maximum atomic E-state index is 12.3. The van der Waals surface area contributed by atoms with Crippen LogP contribution >= 0.6 is 11.6 Å². The van der Waals surface area contributed by atoms with Crippen LogP contribution in [0.2, 0.25) is 5.02 Å². The number of alkyl halides is 2. The van der Waals surface area contributed by atoms with Gasteiger partial charge in [-0.05, 0) is 42.0 Å². The summed E-state index contributed by atoms with van der Waals surface area (Å²) in [7, 11) is 3.56. The SMILES string of the molecule is CN=C(NCCc1nc(-c2ccc(Cl)cc2)no1)N(C)Cc1ccc(OC(F)F)cc1. The number of hydrogen-bond donors (Lipinski definition) is 1. The van der Waals surface area contributed by atoms with Gasteiger partial charge in [0.1, 0.15) is 5.75 Å². The van der Waals surface area contributed by atoms with Gasteiger partial charge in [-0.25, -0.2) is 0 Å². The lowest BCUT2D eigenvalue weighted by atomic mass is 10.2. The molecule has 1 N–H and O–H groups in total. The van der Waals surface area contributed by atoms with Gasteiger partial charge in [0, 0.05) is 44.2 Å². The van der Waals surface area contributed by atoms with Gasteiger partial charge in [-0.3, -0.25) is 4.99 Å². The molecule has 1 heterocycles. The van der Waals surface area contributed by atoms with E-state index in [9.17, 15) is 8.78 Å². The third kappa shape index (κ3) is 6.65. The highest BCUT2D eigenvalue weighted by Crippen LogP contribution is 2.19. The fraction of sp³-hybridized carbons (Fsp3) is 0.286. The number of rotatable bonds is 8. The van der Waals surface area contributed by atoms with E-state index >= 15 is 0 Å². The van der Waals surface area contributed by atoms with Crippen LogP contribution in [0, 0.1) is 0 Å². The zero-order chi connectivity index (χ0) is 22.2. The molecule has 2 aromatic carbocycles. The molecule has 164 valence electrons. The topological polar surface area (TPSA) is 75.8 Å². The standard InChI is InChI=1S/C21H22ClF2N5O2/c1-25-21(29(2)13-14-3-9-17(10-4-14)30-20(23)24)26-12-11-18-27-19(28-31-18)15-5-7-16(22)8-6-15/h3-10,20H,11-13H2,1-2H3,(H,25,26). The van der Waals surface area contributed by atoms with Crippen molar-refractivity contribution >= 4 is 17.6 Å². The number of ether oxygens (including phenoxy) is 1. The van der Waals surface area contributed by atoms with E-state index in [-0.39, 0.29) is 5.75 Å². The molecular weight excluding hydrogens is 428 g/mol. The Kier molecular flexibility index (Phi) is 7.77. The molecule has 0 aliphatic rings. The number of halogens is 3. The van der Waals surface area contributed by atoms with Gasteiger partial charge in [0.25, 0.3) is 0 Å². The molecule has 0 fully saturated rings. The Morgan fingerprint density at radius 2 is 1.90 bits per heavy atom. The minimum Gasteiger partial charge on any atom is -0.435 e. The number of nitrogens with one attached hydrogen (secondary N) is 1. The van der Waals surface area contributed by atoms with E-state index < -0.39 is 6.61 Å².